The Morgan fingerprint density at radius 1 is 0.846 bits per heavy atom. The Balaban J connectivity index is 1.98. The van der Waals surface area contributed by atoms with Crippen LogP contribution in [0.2, 0.25) is 0 Å². The Hall–Kier alpha value is -1.96. The molecular formula is C19H18O4S3. The largest absolute Gasteiger partial charge is 0.477 e. The molecule has 0 aliphatic carbocycles. The van der Waals surface area contributed by atoms with Gasteiger partial charge in [0.25, 0.3) is 0 Å². The first-order valence-electron chi connectivity index (χ1n) is 8.29. The number of carboxylic acids is 2. The SMILES string of the molecule is CCCCCc1cc(-c2ccc(C(=O)O)s2)sc1-c1ccc(C(=O)O)s1. The summed E-state index contributed by atoms with van der Waals surface area (Å²) >= 11 is 4.16. The molecule has 0 fully saturated rings. The molecule has 0 aliphatic rings. The van der Waals surface area contributed by atoms with Gasteiger partial charge in [-0.3, -0.25) is 0 Å². The summed E-state index contributed by atoms with van der Waals surface area (Å²) in [6.45, 7) is 2.16. The Morgan fingerprint density at radius 3 is 2.04 bits per heavy atom. The number of aromatic carboxylic acids is 2. The van der Waals surface area contributed by atoms with Crippen LogP contribution in [0.3, 0.4) is 0 Å². The molecule has 3 aromatic heterocycles. The van der Waals surface area contributed by atoms with Gasteiger partial charge in [0.2, 0.25) is 0 Å². The molecule has 0 amide bonds. The zero-order valence-corrected chi connectivity index (χ0v) is 16.6. The Labute approximate surface area is 163 Å². The molecule has 0 radical (unpaired) electrons. The molecule has 3 aromatic rings. The Morgan fingerprint density at radius 2 is 1.46 bits per heavy atom. The maximum atomic E-state index is 11.2. The zero-order chi connectivity index (χ0) is 18.7. The van der Waals surface area contributed by atoms with E-state index in [0.717, 1.165) is 45.2 Å². The van der Waals surface area contributed by atoms with E-state index in [1.807, 2.05) is 12.1 Å². The minimum Gasteiger partial charge on any atom is -0.477 e. The highest BCUT2D eigenvalue weighted by Crippen LogP contribution is 2.43. The fourth-order valence-corrected chi connectivity index (χ4v) is 5.80. The smallest absolute Gasteiger partial charge is 0.345 e. The van der Waals surface area contributed by atoms with E-state index in [4.69, 9.17) is 5.11 Å². The van der Waals surface area contributed by atoms with Gasteiger partial charge in [-0.05, 0) is 48.7 Å². The summed E-state index contributed by atoms with van der Waals surface area (Å²) in [7, 11) is 0. The highest BCUT2D eigenvalue weighted by atomic mass is 32.1. The lowest BCUT2D eigenvalue weighted by molar-refractivity contribution is 0.0691. The fourth-order valence-electron chi connectivity index (χ4n) is 2.67. The molecule has 0 aromatic carbocycles. The molecule has 4 nitrogen and oxygen atoms in total. The summed E-state index contributed by atoms with van der Waals surface area (Å²) < 4.78 is 0. The van der Waals surface area contributed by atoms with Gasteiger partial charge in [0, 0.05) is 19.5 Å². The van der Waals surface area contributed by atoms with Crippen molar-refractivity contribution in [3.63, 3.8) is 0 Å². The van der Waals surface area contributed by atoms with Gasteiger partial charge >= 0.3 is 11.9 Å². The third kappa shape index (κ3) is 4.06. The number of carbonyl (C=O) groups is 2. The van der Waals surface area contributed by atoms with E-state index in [-0.39, 0.29) is 0 Å². The first-order valence-corrected chi connectivity index (χ1v) is 10.7. The zero-order valence-electron chi connectivity index (χ0n) is 14.2. The minimum absolute atomic E-state index is 0.326. The molecular weight excluding hydrogens is 388 g/mol. The number of hydrogen-bond donors (Lipinski definition) is 2. The quantitative estimate of drug-likeness (QED) is 0.428. The summed E-state index contributed by atoms with van der Waals surface area (Å²) in [6, 6.07) is 9.12. The van der Waals surface area contributed by atoms with Crippen LogP contribution in [-0.2, 0) is 6.42 Å². The van der Waals surface area contributed by atoms with E-state index in [2.05, 4.69) is 13.0 Å². The first kappa shape index (κ1) is 18.8. The molecule has 3 rings (SSSR count). The second kappa shape index (κ2) is 8.16. The van der Waals surface area contributed by atoms with Crippen molar-refractivity contribution in [1.29, 1.82) is 0 Å². The van der Waals surface area contributed by atoms with Crippen LogP contribution in [-0.4, -0.2) is 22.2 Å². The van der Waals surface area contributed by atoms with Crippen LogP contribution < -0.4 is 0 Å². The lowest BCUT2D eigenvalue weighted by Crippen LogP contribution is -1.89. The van der Waals surface area contributed by atoms with Gasteiger partial charge in [-0.25, -0.2) is 9.59 Å². The van der Waals surface area contributed by atoms with Crippen LogP contribution in [0.25, 0.3) is 19.5 Å². The maximum Gasteiger partial charge on any atom is 0.345 e. The number of thiophene rings is 3. The monoisotopic (exact) mass is 406 g/mol. The molecule has 0 aliphatic heterocycles. The van der Waals surface area contributed by atoms with Crippen molar-refractivity contribution in [2.75, 3.05) is 0 Å². The molecule has 26 heavy (non-hydrogen) atoms. The normalized spacial score (nSPS) is 11.0. The minimum atomic E-state index is -0.912. The summed E-state index contributed by atoms with van der Waals surface area (Å²) in [5.74, 6) is -1.82. The highest BCUT2D eigenvalue weighted by molar-refractivity contribution is 7.27. The first-order chi connectivity index (χ1) is 12.5. The molecule has 3 heterocycles. The second-order valence-corrected chi connectivity index (χ2v) is 9.08. The summed E-state index contributed by atoms with van der Waals surface area (Å²) in [6.07, 6.45) is 4.32. The van der Waals surface area contributed by atoms with Crippen LogP contribution in [0.1, 0.15) is 51.1 Å². The molecule has 0 atom stereocenters. The predicted octanol–water partition coefficient (Wildman–Crippen LogP) is 6.33. The van der Waals surface area contributed by atoms with Gasteiger partial charge in [-0.15, -0.1) is 34.0 Å². The summed E-state index contributed by atoms with van der Waals surface area (Å²) in [5.41, 5.74) is 1.21. The molecule has 0 unspecified atom stereocenters. The van der Waals surface area contributed by atoms with Crippen molar-refractivity contribution in [3.8, 4) is 19.5 Å². The molecule has 0 spiro atoms. The molecule has 136 valence electrons. The van der Waals surface area contributed by atoms with E-state index in [0.29, 0.717) is 9.75 Å². The van der Waals surface area contributed by atoms with Gasteiger partial charge in [-0.1, -0.05) is 19.8 Å². The topological polar surface area (TPSA) is 74.6 Å². The average molecular weight is 407 g/mol. The standard InChI is InChI=1S/C19H18O4S3/c1-2-3-4-5-11-10-16(12-6-8-14(24-12)18(20)21)26-17(11)13-7-9-15(25-13)19(22)23/h6-10H,2-5H2,1H3,(H,20,21)(H,22,23). The Kier molecular flexibility index (Phi) is 5.90. The van der Waals surface area contributed by atoms with E-state index >= 15 is 0 Å². The van der Waals surface area contributed by atoms with Crippen molar-refractivity contribution in [2.45, 2.75) is 32.6 Å². The average Bonchev–Trinajstić information content (AvgIpc) is 3.33. The van der Waals surface area contributed by atoms with Crippen molar-refractivity contribution in [1.82, 2.24) is 0 Å². The Bertz CT molecular complexity index is 932. The van der Waals surface area contributed by atoms with E-state index < -0.39 is 11.9 Å². The van der Waals surface area contributed by atoms with Gasteiger partial charge in [0.1, 0.15) is 9.75 Å². The summed E-state index contributed by atoms with van der Waals surface area (Å²) in [4.78, 5) is 27.0. The number of rotatable bonds is 8. The fraction of sp³-hybridized carbons (Fsp3) is 0.263. The van der Waals surface area contributed by atoms with Crippen LogP contribution in [0.4, 0.5) is 0 Å². The van der Waals surface area contributed by atoms with Gasteiger partial charge in [-0.2, -0.15) is 0 Å². The number of hydrogen-bond acceptors (Lipinski definition) is 5. The van der Waals surface area contributed by atoms with E-state index in [9.17, 15) is 14.7 Å². The highest BCUT2D eigenvalue weighted by Gasteiger charge is 2.17. The van der Waals surface area contributed by atoms with Crippen LogP contribution in [0.5, 0.6) is 0 Å². The van der Waals surface area contributed by atoms with Crippen molar-refractivity contribution in [3.05, 3.63) is 45.6 Å². The van der Waals surface area contributed by atoms with Gasteiger partial charge in [0.15, 0.2) is 0 Å². The number of carboxylic acid groups (broad SMARTS) is 2. The van der Waals surface area contributed by atoms with E-state index in [1.165, 1.54) is 28.2 Å². The maximum absolute atomic E-state index is 11.2. The second-order valence-electron chi connectivity index (χ2n) is 5.86. The summed E-state index contributed by atoms with van der Waals surface area (Å²) in [5, 5.41) is 18.3. The van der Waals surface area contributed by atoms with Crippen LogP contribution in [0.15, 0.2) is 30.3 Å². The number of unbranched alkanes of at least 4 members (excludes halogenated alkanes) is 2. The third-order valence-corrected chi connectivity index (χ3v) is 7.66. The molecule has 0 saturated heterocycles. The third-order valence-electron chi connectivity index (χ3n) is 3.96. The van der Waals surface area contributed by atoms with Crippen molar-refractivity contribution in [2.24, 2.45) is 0 Å². The van der Waals surface area contributed by atoms with Crippen molar-refractivity contribution < 1.29 is 19.8 Å². The van der Waals surface area contributed by atoms with Crippen LogP contribution in [0, 0.1) is 0 Å². The van der Waals surface area contributed by atoms with Gasteiger partial charge in [0.05, 0.1) is 0 Å². The molecule has 7 heteroatoms. The molecule has 2 N–H and O–H groups in total. The van der Waals surface area contributed by atoms with E-state index in [1.54, 1.807) is 23.5 Å². The lowest BCUT2D eigenvalue weighted by atomic mass is 10.1. The van der Waals surface area contributed by atoms with Crippen molar-refractivity contribution >= 4 is 45.9 Å². The lowest BCUT2D eigenvalue weighted by Gasteiger charge is -2.01. The molecule has 0 saturated carbocycles. The number of aryl methyl sites for hydroxylation is 1. The predicted molar refractivity (Wildman–Crippen MR) is 108 cm³/mol. The van der Waals surface area contributed by atoms with Gasteiger partial charge < -0.3 is 10.2 Å². The van der Waals surface area contributed by atoms with Crippen LogP contribution >= 0.6 is 34.0 Å². The molecule has 0 bridgehead atoms.